The van der Waals surface area contributed by atoms with Gasteiger partial charge in [-0.1, -0.05) is 35.3 Å². The molecule has 18 heavy (non-hydrogen) atoms. The SMILES string of the molecule is O=C(c1ccc(Cl)s1)C1OC1c1ccc(Cl)cc1. The standard InChI is InChI=1S/C13H8Cl2O2S/c14-8-3-1-7(2-4-8)12-13(17-12)11(16)9-5-6-10(15)18-9/h1-6,12-13H. The van der Waals surface area contributed by atoms with E-state index in [1.807, 2.05) is 12.1 Å². The van der Waals surface area contributed by atoms with Gasteiger partial charge in [-0.05, 0) is 29.8 Å². The van der Waals surface area contributed by atoms with E-state index in [1.54, 1.807) is 24.3 Å². The molecule has 2 atom stereocenters. The summed E-state index contributed by atoms with van der Waals surface area (Å²) in [5.74, 6) is -0.00755. The fourth-order valence-electron chi connectivity index (χ4n) is 1.80. The maximum Gasteiger partial charge on any atom is 0.204 e. The van der Waals surface area contributed by atoms with Gasteiger partial charge in [0.1, 0.15) is 6.10 Å². The van der Waals surface area contributed by atoms with Crippen molar-refractivity contribution in [2.45, 2.75) is 12.2 Å². The van der Waals surface area contributed by atoms with Crippen LogP contribution < -0.4 is 0 Å². The van der Waals surface area contributed by atoms with E-state index < -0.39 is 0 Å². The molecule has 1 aliphatic rings. The molecule has 2 nitrogen and oxygen atoms in total. The van der Waals surface area contributed by atoms with Gasteiger partial charge in [-0.2, -0.15) is 0 Å². The minimum absolute atomic E-state index is 0.00755. The molecular formula is C13H8Cl2O2S. The Hall–Kier alpha value is -0.870. The van der Waals surface area contributed by atoms with Crippen molar-refractivity contribution in [2.75, 3.05) is 0 Å². The van der Waals surface area contributed by atoms with E-state index in [9.17, 15) is 4.79 Å². The van der Waals surface area contributed by atoms with E-state index in [4.69, 9.17) is 27.9 Å². The molecule has 2 heterocycles. The number of ketones is 1. The first-order chi connectivity index (χ1) is 8.65. The highest BCUT2D eigenvalue weighted by molar-refractivity contribution is 7.18. The Morgan fingerprint density at radius 2 is 1.83 bits per heavy atom. The summed E-state index contributed by atoms with van der Waals surface area (Å²) in [6.07, 6.45) is -0.545. The second-order valence-corrected chi connectivity index (χ2v) is 6.15. The highest BCUT2D eigenvalue weighted by atomic mass is 35.5. The minimum atomic E-state index is -0.388. The molecule has 3 rings (SSSR count). The minimum Gasteiger partial charge on any atom is -0.356 e. The molecule has 0 saturated carbocycles. The van der Waals surface area contributed by atoms with Crippen LogP contribution in [0.5, 0.6) is 0 Å². The molecule has 1 fully saturated rings. The van der Waals surface area contributed by atoms with E-state index in [0.29, 0.717) is 14.2 Å². The number of Topliss-reactive ketones (excluding diaryl/α,β-unsaturated/α-hetero) is 1. The zero-order valence-electron chi connectivity index (χ0n) is 9.10. The molecule has 1 aliphatic heterocycles. The van der Waals surface area contributed by atoms with E-state index in [0.717, 1.165) is 5.56 Å². The molecule has 2 aromatic rings. The first-order valence-corrected chi connectivity index (χ1v) is 6.93. The molecule has 5 heteroatoms. The van der Waals surface area contributed by atoms with Crippen molar-refractivity contribution in [3.8, 4) is 0 Å². The van der Waals surface area contributed by atoms with Gasteiger partial charge in [-0.3, -0.25) is 4.79 Å². The quantitative estimate of drug-likeness (QED) is 0.622. The predicted octanol–water partition coefficient (Wildman–Crippen LogP) is 4.38. The monoisotopic (exact) mass is 298 g/mol. The van der Waals surface area contributed by atoms with Gasteiger partial charge in [-0.15, -0.1) is 11.3 Å². The Morgan fingerprint density at radius 3 is 2.44 bits per heavy atom. The number of hydrogen-bond donors (Lipinski definition) is 0. The Balaban J connectivity index is 1.74. The molecular weight excluding hydrogens is 291 g/mol. The lowest BCUT2D eigenvalue weighted by molar-refractivity contribution is 0.0957. The molecule has 2 unspecified atom stereocenters. The maximum atomic E-state index is 12.1. The molecule has 0 radical (unpaired) electrons. The van der Waals surface area contributed by atoms with Gasteiger partial charge < -0.3 is 4.74 Å². The van der Waals surface area contributed by atoms with E-state index in [2.05, 4.69) is 0 Å². The Labute approximate surface area is 118 Å². The number of halogens is 2. The number of rotatable bonds is 3. The summed E-state index contributed by atoms with van der Waals surface area (Å²) >= 11 is 12.9. The van der Waals surface area contributed by atoms with Crippen molar-refractivity contribution in [3.05, 3.63) is 56.2 Å². The normalized spacial score (nSPS) is 21.9. The molecule has 92 valence electrons. The van der Waals surface area contributed by atoms with Crippen LogP contribution in [0.2, 0.25) is 9.36 Å². The molecule has 1 saturated heterocycles. The molecule has 0 aliphatic carbocycles. The zero-order valence-corrected chi connectivity index (χ0v) is 11.4. The summed E-state index contributed by atoms with van der Waals surface area (Å²) in [5, 5.41) is 0.673. The third kappa shape index (κ3) is 2.31. The van der Waals surface area contributed by atoms with Crippen molar-refractivity contribution in [1.82, 2.24) is 0 Å². The lowest BCUT2D eigenvalue weighted by atomic mass is 10.1. The summed E-state index contributed by atoms with van der Waals surface area (Å²) in [5.41, 5.74) is 0.973. The summed E-state index contributed by atoms with van der Waals surface area (Å²) in [7, 11) is 0. The van der Waals surface area contributed by atoms with Gasteiger partial charge in [0, 0.05) is 5.02 Å². The van der Waals surface area contributed by atoms with Crippen molar-refractivity contribution >= 4 is 40.3 Å². The smallest absolute Gasteiger partial charge is 0.204 e. The number of epoxide rings is 1. The summed E-state index contributed by atoms with van der Waals surface area (Å²) in [6, 6.07) is 10.8. The number of ether oxygens (including phenoxy) is 1. The molecule has 0 spiro atoms. The van der Waals surface area contributed by atoms with E-state index >= 15 is 0 Å². The largest absolute Gasteiger partial charge is 0.356 e. The third-order valence-electron chi connectivity index (χ3n) is 2.76. The van der Waals surface area contributed by atoms with Crippen LogP contribution >= 0.6 is 34.5 Å². The lowest BCUT2D eigenvalue weighted by Crippen LogP contribution is -2.05. The van der Waals surface area contributed by atoms with Gasteiger partial charge in [0.25, 0.3) is 0 Å². The molecule has 0 bridgehead atoms. The Bertz CT molecular complexity index is 591. The van der Waals surface area contributed by atoms with Crippen molar-refractivity contribution in [2.24, 2.45) is 0 Å². The topological polar surface area (TPSA) is 29.6 Å². The first-order valence-electron chi connectivity index (χ1n) is 5.35. The second-order valence-electron chi connectivity index (χ2n) is 4.00. The number of thiophene rings is 1. The van der Waals surface area contributed by atoms with Crippen LogP contribution in [0.3, 0.4) is 0 Å². The lowest BCUT2D eigenvalue weighted by Gasteiger charge is -1.95. The zero-order chi connectivity index (χ0) is 12.7. The fourth-order valence-corrected chi connectivity index (χ4v) is 2.94. The Morgan fingerprint density at radius 1 is 1.11 bits per heavy atom. The van der Waals surface area contributed by atoms with Crippen LogP contribution in [0.1, 0.15) is 21.3 Å². The third-order valence-corrected chi connectivity index (χ3v) is 4.26. The maximum absolute atomic E-state index is 12.1. The molecule has 0 amide bonds. The summed E-state index contributed by atoms with van der Waals surface area (Å²) in [6.45, 7) is 0. The fraction of sp³-hybridized carbons (Fsp3) is 0.154. The number of carbonyl (C=O) groups excluding carboxylic acids is 1. The van der Waals surface area contributed by atoms with Gasteiger partial charge in [0.2, 0.25) is 5.78 Å². The van der Waals surface area contributed by atoms with Crippen molar-refractivity contribution in [1.29, 1.82) is 0 Å². The molecule has 1 aromatic carbocycles. The Kier molecular flexibility index (Phi) is 3.16. The van der Waals surface area contributed by atoms with Crippen LogP contribution in [0.15, 0.2) is 36.4 Å². The van der Waals surface area contributed by atoms with E-state index in [1.165, 1.54) is 11.3 Å². The van der Waals surface area contributed by atoms with Crippen LogP contribution in [0.4, 0.5) is 0 Å². The van der Waals surface area contributed by atoms with Gasteiger partial charge in [-0.25, -0.2) is 0 Å². The van der Waals surface area contributed by atoms with Crippen LogP contribution in [-0.2, 0) is 4.74 Å². The predicted molar refractivity (Wildman–Crippen MR) is 72.7 cm³/mol. The first kappa shape index (κ1) is 12.2. The highest BCUT2D eigenvalue weighted by Gasteiger charge is 2.46. The number of carbonyl (C=O) groups is 1. The second kappa shape index (κ2) is 4.67. The molecule has 0 N–H and O–H groups in total. The van der Waals surface area contributed by atoms with Crippen molar-refractivity contribution in [3.63, 3.8) is 0 Å². The average molecular weight is 299 g/mol. The van der Waals surface area contributed by atoms with Crippen LogP contribution in [-0.4, -0.2) is 11.9 Å². The van der Waals surface area contributed by atoms with Crippen LogP contribution in [0.25, 0.3) is 0 Å². The van der Waals surface area contributed by atoms with E-state index in [-0.39, 0.29) is 18.0 Å². The van der Waals surface area contributed by atoms with Gasteiger partial charge in [0.15, 0.2) is 6.10 Å². The summed E-state index contributed by atoms with van der Waals surface area (Å²) in [4.78, 5) is 12.7. The van der Waals surface area contributed by atoms with Gasteiger partial charge in [0.05, 0.1) is 9.21 Å². The van der Waals surface area contributed by atoms with Crippen LogP contribution in [0, 0.1) is 0 Å². The highest BCUT2D eigenvalue weighted by Crippen LogP contribution is 2.41. The van der Waals surface area contributed by atoms with Gasteiger partial charge >= 0.3 is 0 Å². The summed E-state index contributed by atoms with van der Waals surface area (Å²) < 4.78 is 6.05. The number of benzene rings is 1. The molecule has 1 aromatic heterocycles. The number of hydrogen-bond acceptors (Lipinski definition) is 3. The average Bonchev–Trinajstić information content (AvgIpc) is 3.04. The van der Waals surface area contributed by atoms with Crippen molar-refractivity contribution < 1.29 is 9.53 Å².